The highest BCUT2D eigenvalue weighted by Gasteiger charge is 2.14. The molecule has 0 bridgehead atoms. The highest BCUT2D eigenvalue weighted by Crippen LogP contribution is 2.23. The van der Waals surface area contributed by atoms with E-state index in [2.05, 4.69) is 9.71 Å². The summed E-state index contributed by atoms with van der Waals surface area (Å²) in [6.07, 6.45) is 1.48. The lowest BCUT2D eigenvalue weighted by molar-refractivity contribution is 0.474. The third-order valence-electron chi connectivity index (χ3n) is 3.49. The molecule has 7 heteroatoms. The third-order valence-corrected chi connectivity index (χ3v) is 5.11. The number of phenolic OH excluding ortho intramolecular Hbond substituents is 1. The van der Waals surface area contributed by atoms with Gasteiger partial charge in [-0.05, 0) is 48.5 Å². The number of nitrogens with zero attached hydrogens (tertiary/aromatic N) is 1. The summed E-state index contributed by atoms with van der Waals surface area (Å²) in [5.41, 5.74) is 1.36. The van der Waals surface area contributed by atoms with E-state index in [1.54, 1.807) is 54.6 Å². The first-order valence-electron chi connectivity index (χ1n) is 7.64. The minimum Gasteiger partial charge on any atom is -0.507 e. The van der Waals surface area contributed by atoms with Crippen molar-refractivity contribution in [2.24, 2.45) is 4.99 Å². The average molecular weight is 387 g/mol. The van der Waals surface area contributed by atoms with Gasteiger partial charge in [0.25, 0.3) is 10.0 Å². The average Bonchev–Trinajstić information content (AvgIpc) is 2.61. The molecule has 3 aromatic rings. The molecular weight excluding hydrogens is 372 g/mol. The van der Waals surface area contributed by atoms with Crippen LogP contribution >= 0.6 is 11.6 Å². The Morgan fingerprint density at radius 3 is 2.50 bits per heavy atom. The van der Waals surface area contributed by atoms with Crippen LogP contribution in [0.15, 0.2) is 82.7 Å². The molecule has 0 spiro atoms. The summed E-state index contributed by atoms with van der Waals surface area (Å²) >= 11 is 5.88. The number of aliphatic imine (C=N–C) groups is 1. The molecule has 5 nitrogen and oxygen atoms in total. The minimum atomic E-state index is -3.78. The number of rotatable bonds is 5. The Hall–Kier alpha value is -2.83. The van der Waals surface area contributed by atoms with E-state index in [1.165, 1.54) is 24.4 Å². The Kier molecular flexibility index (Phi) is 5.25. The fourth-order valence-electron chi connectivity index (χ4n) is 2.24. The van der Waals surface area contributed by atoms with Crippen molar-refractivity contribution in [3.05, 3.63) is 83.4 Å². The summed E-state index contributed by atoms with van der Waals surface area (Å²) in [4.78, 5) is 4.31. The lowest BCUT2D eigenvalue weighted by Crippen LogP contribution is -2.12. The van der Waals surface area contributed by atoms with Gasteiger partial charge in [0.05, 0.1) is 16.3 Å². The number of aromatic hydroxyl groups is 1. The Labute approximate surface area is 156 Å². The minimum absolute atomic E-state index is 0.0735. The van der Waals surface area contributed by atoms with Crippen molar-refractivity contribution in [2.45, 2.75) is 4.90 Å². The van der Waals surface area contributed by atoms with E-state index in [4.69, 9.17) is 11.6 Å². The van der Waals surface area contributed by atoms with Crippen molar-refractivity contribution in [3.63, 3.8) is 0 Å². The van der Waals surface area contributed by atoms with Crippen molar-refractivity contribution in [1.82, 2.24) is 0 Å². The number of hydrogen-bond donors (Lipinski definition) is 2. The van der Waals surface area contributed by atoms with Crippen molar-refractivity contribution >= 4 is 39.2 Å². The molecule has 0 aromatic heterocycles. The maximum atomic E-state index is 12.5. The first-order valence-corrected chi connectivity index (χ1v) is 9.51. The Morgan fingerprint density at radius 1 is 0.962 bits per heavy atom. The summed E-state index contributed by atoms with van der Waals surface area (Å²) in [7, 11) is -3.78. The van der Waals surface area contributed by atoms with Crippen LogP contribution in [0.3, 0.4) is 0 Å². The molecule has 132 valence electrons. The second-order valence-electron chi connectivity index (χ2n) is 5.43. The van der Waals surface area contributed by atoms with Gasteiger partial charge < -0.3 is 5.11 Å². The van der Waals surface area contributed by atoms with E-state index >= 15 is 0 Å². The van der Waals surface area contributed by atoms with E-state index < -0.39 is 10.0 Å². The molecular formula is C19H15ClN2O3S. The molecule has 0 unspecified atom stereocenters. The smallest absolute Gasteiger partial charge is 0.261 e. The quantitative estimate of drug-likeness (QED) is 0.629. The van der Waals surface area contributed by atoms with Crippen LogP contribution in [0.1, 0.15) is 5.56 Å². The zero-order valence-corrected chi connectivity index (χ0v) is 15.1. The topological polar surface area (TPSA) is 78.8 Å². The van der Waals surface area contributed by atoms with Crippen molar-refractivity contribution in [1.29, 1.82) is 0 Å². The van der Waals surface area contributed by atoms with Crippen molar-refractivity contribution in [3.8, 4) is 5.75 Å². The summed E-state index contributed by atoms with van der Waals surface area (Å²) in [5, 5.41) is 10.2. The number of hydrogen-bond acceptors (Lipinski definition) is 4. The molecule has 3 rings (SSSR count). The van der Waals surface area contributed by atoms with E-state index in [9.17, 15) is 13.5 Å². The van der Waals surface area contributed by atoms with Gasteiger partial charge in [0.15, 0.2) is 0 Å². The van der Waals surface area contributed by atoms with Crippen LogP contribution in [0.5, 0.6) is 5.75 Å². The first kappa shape index (κ1) is 18.0. The van der Waals surface area contributed by atoms with Gasteiger partial charge in [0.1, 0.15) is 5.75 Å². The SMILES string of the molecule is O=S(=O)(Nc1cccc(Cl)c1)c1cccc(N=Cc2ccccc2O)c1. The predicted molar refractivity (Wildman–Crippen MR) is 104 cm³/mol. The fourth-order valence-corrected chi connectivity index (χ4v) is 3.52. The standard InChI is InChI=1S/C19H15ClN2O3S/c20-15-6-3-8-17(11-15)22-26(24,25)18-9-4-7-16(12-18)21-13-14-5-1-2-10-19(14)23/h1-13,22-23H. The molecule has 0 fully saturated rings. The Morgan fingerprint density at radius 2 is 1.73 bits per heavy atom. The second kappa shape index (κ2) is 7.59. The van der Waals surface area contributed by atoms with Crippen LogP contribution in [0.25, 0.3) is 0 Å². The number of phenols is 1. The van der Waals surface area contributed by atoms with Crippen molar-refractivity contribution in [2.75, 3.05) is 4.72 Å². The molecule has 0 amide bonds. The number of anilines is 1. The molecule has 0 aliphatic heterocycles. The molecule has 0 atom stereocenters. The highest BCUT2D eigenvalue weighted by molar-refractivity contribution is 7.92. The van der Waals surface area contributed by atoms with Gasteiger partial charge in [-0.15, -0.1) is 0 Å². The van der Waals surface area contributed by atoms with E-state index in [0.717, 1.165) is 0 Å². The molecule has 0 saturated carbocycles. The monoisotopic (exact) mass is 386 g/mol. The van der Waals surface area contributed by atoms with E-state index in [1.807, 2.05) is 0 Å². The van der Waals surface area contributed by atoms with Gasteiger partial charge in [-0.1, -0.05) is 35.9 Å². The zero-order chi connectivity index (χ0) is 18.6. The van der Waals surface area contributed by atoms with E-state index in [0.29, 0.717) is 22.0 Å². The fraction of sp³-hybridized carbons (Fsp3) is 0. The largest absolute Gasteiger partial charge is 0.507 e. The molecule has 3 aromatic carbocycles. The molecule has 0 aliphatic carbocycles. The van der Waals surface area contributed by atoms with Gasteiger partial charge in [-0.2, -0.15) is 0 Å². The molecule has 0 heterocycles. The Bertz CT molecular complexity index is 1070. The van der Waals surface area contributed by atoms with Gasteiger partial charge in [-0.25, -0.2) is 8.42 Å². The number of para-hydroxylation sites is 1. The summed E-state index contributed by atoms with van der Waals surface area (Å²) in [6, 6.07) is 19.4. The maximum absolute atomic E-state index is 12.5. The summed E-state index contributed by atoms with van der Waals surface area (Å²) in [5.74, 6) is 0.0997. The highest BCUT2D eigenvalue weighted by atomic mass is 35.5. The lowest BCUT2D eigenvalue weighted by Gasteiger charge is -2.08. The zero-order valence-electron chi connectivity index (χ0n) is 13.5. The Balaban J connectivity index is 1.85. The van der Waals surface area contributed by atoms with Crippen LogP contribution in [-0.2, 0) is 10.0 Å². The van der Waals surface area contributed by atoms with Crippen LogP contribution < -0.4 is 4.72 Å². The number of sulfonamides is 1. The van der Waals surface area contributed by atoms with Crippen LogP contribution in [0, 0.1) is 0 Å². The van der Waals surface area contributed by atoms with Crippen LogP contribution in [0.4, 0.5) is 11.4 Å². The number of benzene rings is 3. The normalized spacial score (nSPS) is 11.6. The molecule has 0 saturated heterocycles. The van der Waals surface area contributed by atoms with Crippen LogP contribution in [0.2, 0.25) is 5.02 Å². The molecule has 26 heavy (non-hydrogen) atoms. The summed E-state index contributed by atoms with van der Waals surface area (Å²) in [6.45, 7) is 0. The van der Waals surface area contributed by atoms with Crippen molar-refractivity contribution < 1.29 is 13.5 Å². The van der Waals surface area contributed by atoms with Crippen LogP contribution in [-0.4, -0.2) is 19.7 Å². The first-order chi connectivity index (χ1) is 12.4. The number of halogens is 1. The molecule has 0 aliphatic rings. The maximum Gasteiger partial charge on any atom is 0.261 e. The molecule has 0 radical (unpaired) electrons. The van der Waals surface area contributed by atoms with Gasteiger partial charge in [0.2, 0.25) is 0 Å². The third kappa shape index (κ3) is 4.41. The lowest BCUT2D eigenvalue weighted by atomic mass is 10.2. The second-order valence-corrected chi connectivity index (χ2v) is 7.55. The summed E-state index contributed by atoms with van der Waals surface area (Å²) < 4.78 is 27.6. The molecule has 2 N–H and O–H groups in total. The van der Waals surface area contributed by atoms with Gasteiger partial charge in [-0.3, -0.25) is 9.71 Å². The van der Waals surface area contributed by atoms with Gasteiger partial charge in [0, 0.05) is 16.8 Å². The van der Waals surface area contributed by atoms with E-state index in [-0.39, 0.29) is 10.6 Å². The van der Waals surface area contributed by atoms with Gasteiger partial charge >= 0.3 is 0 Å². The number of nitrogens with one attached hydrogen (secondary N) is 1. The predicted octanol–water partition coefficient (Wildman–Crippen LogP) is 4.60.